The molecule has 224 valence electrons. The number of amides is 3. The van der Waals surface area contributed by atoms with Crippen molar-refractivity contribution < 1.29 is 45.5 Å². The van der Waals surface area contributed by atoms with Crippen molar-refractivity contribution in [3.63, 3.8) is 0 Å². The minimum Gasteiger partial charge on any atom is -0.493 e. The van der Waals surface area contributed by atoms with E-state index in [9.17, 15) is 46.0 Å². The highest BCUT2D eigenvalue weighted by Gasteiger charge is 2.40. The fourth-order valence-electron chi connectivity index (χ4n) is 4.51. The quantitative estimate of drug-likeness (QED) is 0.352. The van der Waals surface area contributed by atoms with Gasteiger partial charge in [-0.05, 0) is 25.0 Å². The van der Waals surface area contributed by atoms with Gasteiger partial charge in [-0.3, -0.25) is 14.4 Å². The van der Waals surface area contributed by atoms with Gasteiger partial charge in [0.15, 0.2) is 5.75 Å². The smallest absolute Gasteiger partial charge is 0.389 e. The fraction of sp³-hybridized carbons (Fsp3) is 0.370. The third kappa shape index (κ3) is 7.99. The molecule has 0 radical (unpaired) electrons. The van der Waals surface area contributed by atoms with Crippen LogP contribution >= 0.6 is 0 Å². The number of methoxy groups -OCH3 is 1. The summed E-state index contributed by atoms with van der Waals surface area (Å²) in [7, 11) is 1.25. The van der Waals surface area contributed by atoms with Crippen LogP contribution in [0, 0.1) is 23.2 Å². The molecule has 3 atom stereocenters. The summed E-state index contributed by atoms with van der Waals surface area (Å²) in [4.78, 5) is 43.0. The van der Waals surface area contributed by atoms with Gasteiger partial charge in [0, 0.05) is 35.8 Å². The van der Waals surface area contributed by atoms with Crippen molar-refractivity contribution in [1.82, 2.24) is 5.32 Å². The van der Waals surface area contributed by atoms with Crippen LogP contribution < -0.4 is 21.1 Å². The summed E-state index contributed by atoms with van der Waals surface area (Å²) >= 11 is 0. The van der Waals surface area contributed by atoms with Crippen molar-refractivity contribution in [3.8, 4) is 11.8 Å². The predicted octanol–water partition coefficient (Wildman–Crippen LogP) is 4.20. The zero-order chi connectivity index (χ0) is 31.2. The second kappa shape index (κ2) is 12.9. The Bertz CT molecular complexity index is 1400. The summed E-state index contributed by atoms with van der Waals surface area (Å²) in [6.07, 6.45) is -16.7. The highest BCUT2D eigenvalue weighted by molar-refractivity contribution is 6.20. The van der Waals surface area contributed by atoms with Gasteiger partial charge in [-0.1, -0.05) is 30.3 Å². The number of nitrogens with two attached hydrogens (primary N) is 1. The summed E-state index contributed by atoms with van der Waals surface area (Å²) in [5, 5.41) is 14.2. The number of rotatable bonds is 10. The average Bonchev–Trinajstić information content (AvgIpc) is 3.04. The van der Waals surface area contributed by atoms with E-state index in [0.29, 0.717) is 5.56 Å². The first-order chi connectivity index (χ1) is 19.6. The van der Waals surface area contributed by atoms with Gasteiger partial charge in [0.1, 0.15) is 6.07 Å². The van der Waals surface area contributed by atoms with Crippen molar-refractivity contribution in [2.75, 3.05) is 12.4 Å². The molecule has 15 heteroatoms. The minimum absolute atomic E-state index is 0.0229. The highest BCUT2D eigenvalue weighted by atomic mass is 19.4. The normalized spacial score (nSPS) is 16.6. The Labute approximate surface area is 235 Å². The Balaban J connectivity index is 2.06. The zero-order valence-corrected chi connectivity index (χ0v) is 22.0. The number of carbonyl (C=O) groups excluding carboxylic acids is 3. The van der Waals surface area contributed by atoms with Gasteiger partial charge in [0.25, 0.3) is 5.91 Å². The van der Waals surface area contributed by atoms with Crippen LogP contribution in [0.3, 0.4) is 0 Å². The number of carbonyl (C=O) groups is 3. The van der Waals surface area contributed by atoms with Gasteiger partial charge in [0.2, 0.25) is 18.0 Å². The monoisotopic (exact) mass is 597 g/mol. The topological polar surface area (TPSA) is 147 Å². The number of hydrogen-bond donors (Lipinski definition) is 3. The van der Waals surface area contributed by atoms with Gasteiger partial charge in [-0.2, -0.15) is 31.6 Å². The molecular formula is C27H25F6N5O4. The van der Waals surface area contributed by atoms with Crippen molar-refractivity contribution in [3.05, 3.63) is 59.2 Å². The van der Waals surface area contributed by atoms with Crippen molar-refractivity contribution in [1.29, 1.82) is 5.26 Å². The van der Waals surface area contributed by atoms with E-state index < -0.39 is 73.8 Å². The van der Waals surface area contributed by atoms with Crippen LogP contribution in [0.25, 0.3) is 0 Å². The third-order valence-corrected chi connectivity index (χ3v) is 6.48. The highest BCUT2D eigenvalue weighted by Crippen LogP contribution is 2.36. The average molecular weight is 598 g/mol. The van der Waals surface area contributed by atoms with Crippen molar-refractivity contribution in [2.45, 2.75) is 44.2 Å². The number of anilines is 1. The molecular weight excluding hydrogens is 572 g/mol. The Morgan fingerprint density at radius 3 is 2.17 bits per heavy atom. The lowest BCUT2D eigenvalue weighted by Crippen LogP contribution is -2.48. The predicted molar refractivity (Wildman–Crippen MR) is 137 cm³/mol. The molecule has 1 heterocycles. The number of primary amides is 1. The molecule has 0 aromatic heterocycles. The molecule has 1 aliphatic heterocycles. The van der Waals surface area contributed by atoms with E-state index in [2.05, 4.69) is 15.6 Å². The molecule has 1 aliphatic rings. The van der Waals surface area contributed by atoms with E-state index in [4.69, 9.17) is 10.5 Å². The molecule has 0 fully saturated rings. The first kappa shape index (κ1) is 31.9. The molecule has 4 N–H and O–H groups in total. The number of nitriles is 1. The maximum absolute atomic E-state index is 13.3. The Kier molecular flexibility index (Phi) is 9.82. The molecule has 0 saturated heterocycles. The zero-order valence-electron chi connectivity index (χ0n) is 22.0. The SMILES string of the molecule is COc1c(C#N)ccc2c1NC(=O)[C@@H](NC(=O)C(CCC(F)(F)F)C(CCC(F)(F)F)C(N)=O)N=C2c1ccccc1. The molecule has 42 heavy (non-hydrogen) atoms. The standard InChI is InChI=1S/C27H25F6N5O4/c1-42-21-15(13-34)7-8-18-19(14-5-3-2-4-6-14)36-23(25(41)37-20(18)21)38-24(40)17(10-12-27(31,32)33)16(22(35)39)9-11-26(28,29)30/h2-8,16-17,23H,9-12H2,1H3,(H2,35,39)(H,37,41)(H,38,40)/t16?,17?,23-/m1/s1. The summed E-state index contributed by atoms with van der Waals surface area (Å²) < 4.78 is 83.2. The van der Waals surface area contributed by atoms with E-state index in [1.54, 1.807) is 30.3 Å². The Hall–Kier alpha value is -4.61. The second-order valence-electron chi connectivity index (χ2n) is 9.35. The number of ether oxygens (including phenoxy) is 1. The lowest BCUT2D eigenvalue weighted by molar-refractivity contribution is -0.152. The second-order valence-corrected chi connectivity index (χ2v) is 9.35. The first-order valence-corrected chi connectivity index (χ1v) is 12.4. The molecule has 3 rings (SSSR count). The molecule has 0 bridgehead atoms. The molecule has 2 aromatic rings. The van der Waals surface area contributed by atoms with Crippen LogP contribution in [0.15, 0.2) is 47.5 Å². The molecule has 0 saturated carbocycles. The van der Waals surface area contributed by atoms with E-state index in [0.717, 1.165) is 0 Å². The number of benzodiazepines with no additional fused rings is 1. The summed E-state index contributed by atoms with van der Waals surface area (Å²) in [6.45, 7) is 0. The lowest BCUT2D eigenvalue weighted by atomic mass is 9.83. The molecule has 2 unspecified atom stereocenters. The summed E-state index contributed by atoms with van der Waals surface area (Å²) in [5.74, 6) is -7.62. The summed E-state index contributed by atoms with van der Waals surface area (Å²) in [5.41, 5.74) is 6.13. The van der Waals surface area contributed by atoms with Gasteiger partial charge in [-0.25, -0.2) is 4.99 Å². The number of nitrogens with zero attached hydrogens (tertiary/aromatic N) is 2. The number of nitrogens with one attached hydrogen (secondary N) is 2. The van der Waals surface area contributed by atoms with Crippen LogP contribution in [-0.4, -0.2) is 49.1 Å². The number of alkyl halides is 6. The summed E-state index contributed by atoms with van der Waals surface area (Å²) in [6, 6.07) is 13.0. The van der Waals surface area contributed by atoms with Gasteiger partial charge in [-0.15, -0.1) is 0 Å². The lowest BCUT2D eigenvalue weighted by Gasteiger charge is -2.26. The maximum atomic E-state index is 13.3. The Morgan fingerprint density at radius 1 is 1.05 bits per heavy atom. The van der Waals surface area contributed by atoms with E-state index >= 15 is 0 Å². The van der Waals surface area contributed by atoms with Crippen LogP contribution in [-0.2, 0) is 14.4 Å². The number of halogens is 6. The molecule has 9 nitrogen and oxygen atoms in total. The molecule has 0 spiro atoms. The minimum atomic E-state index is -4.81. The fourth-order valence-corrected chi connectivity index (χ4v) is 4.51. The van der Waals surface area contributed by atoms with E-state index in [1.807, 2.05) is 6.07 Å². The molecule has 0 aliphatic carbocycles. The van der Waals surface area contributed by atoms with Crippen LogP contribution in [0.1, 0.15) is 42.4 Å². The van der Waals surface area contributed by atoms with Crippen LogP contribution in [0.4, 0.5) is 32.0 Å². The first-order valence-electron chi connectivity index (χ1n) is 12.4. The van der Waals surface area contributed by atoms with Crippen LogP contribution in [0.5, 0.6) is 5.75 Å². The van der Waals surface area contributed by atoms with E-state index in [-0.39, 0.29) is 28.3 Å². The number of hydrogen-bond acceptors (Lipinski definition) is 6. The van der Waals surface area contributed by atoms with Crippen molar-refractivity contribution >= 4 is 29.1 Å². The third-order valence-electron chi connectivity index (χ3n) is 6.48. The van der Waals surface area contributed by atoms with Crippen LogP contribution in [0.2, 0.25) is 0 Å². The molecule has 3 amide bonds. The van der Waals surface area contributed by atoms with Gasteiger partial charge in [0.05, 0.1) is 24.1 Å². The largest absolute Gasteiger partial charge is 0.493 e. The number of benzene rings is 2. The van der Waals surface area contributed by atoms with E-state index in [1.165, 1.54) is 19.2 Å². The maximum Gasteiger partial charge on any atom is 0.389 e. The van der Waals surface area contributed by atoms with Gasteiger partial charge < -0.3 is 21.1 Å². The molecule has 2 aromatic carbocycles. The van der Waals surface area contributed by atoms with Gasteiger partial charge >= 0.3 is 12.4 Å². The van der Waals surface area contributed by atoms with Crippen molar-refractivity contribution in [2.24, 2.45) is 22.6 Å². The Morgan fingerprint density at radius 2 is 1.64 bits per heavy atom. The number of fused-ring (bicyclic) bond motifs is 1. The number of aliphatic imine (C=N–C) groups is 1.